The van der Waals surface area contributed by atoms with Gasteiger partial charge in [-0.05, 0) is 101 Å². The summed E-state index contributed by atoms with van der Waals surface area (Å²) in [6.07, 6.45) is 0. The van der Waals surface area contributed by atoms with Gasteiger partial charge in [-0.1, -0.05) is 109 Å². The summed E-state index contributed by atoms with van der Waals surface area (Å²) in [7, 11) is 0. The van der Waals surface area contributed by atoms with Crippen LogP contribution in [-0.2, 0) is 0 Å². The fourth-order valence-corrected chi connectivity index (χ4v) is 9.80. The Hall–Kier alpha value is -8.33. The topological polar surface area (TPSA) is 59.9 Å². The molecule has 0 aliphatic rings. The molecular formula is C55H31N3O2. The highest BCUT2D eigenvalue weighted by Crippen LogP contribution is 2.45. The first-order valence-corrected chi connectivity index (χ1v) is 20.1. The Morgan fingerprint density at radius 2 is 1.07 bits per heavy atom. The average Bonchev–Trinajstić information content (AvgIpc) is 4.06. The largest absolute Gasteiger partial charge is 0.456 e. The van der Waals surface area contributed by atoms with Crippen LogP contribution in [0.2, 0.25) is 0 Å². The van der Waals surface area contributed by atoms with E-state index in [9.17, 15) is 5.26 Å². The molecule has 13 rings (SSSR count). The van der Waals surface area contributed by atoms with E-state index in [4.69, 9.17) is 8.83 Å². The van der Waals surface area contributed by atoms with Crippen molar-refractivity contribution in [3.05, 3.63) is 194 Å². The van der Waals surface area contributed by atoms with Crippen molar-refractivity contribution in [2.75, 3.05) is 0 Å². The average molecular weight is 766 g/mol. The highest BCUT2D eigenvalue weighted by Gasteiger charge is 2.23. The molecule has 0 N–H and O–H groups in total. The van der Waals surface area contributed by atoms with E-state index in [1.807, 2.05) is 36.4 Å². The third-order valence-electron chi connectivity index (χ3n) is 12.3. The lowest BCUT2D eigenvalue weighted by Crippen LogP contribution is -1.97. The van der Waals surface area contributed by atoms with Crippen molar-refractivity contribution in [3.63, 3.8) is 0 Å². The lowest BCUT2D eigenvalue weighted by Gasteiger charge is -2.14. The van der Waals surface area contributed by atoms with Gasteiger partial charge in [-0.25, -0.2) is 0 Å². The lowest BCUT2D eigenvalue weighted by molar-refractivity contribution is 0.669. The molecule has 0 aliphatic heterocycles. The van der Waals surface area contributed by atoms with Gasteiger partial charge in [-0.3, -0.25) is 0 Å². The van der Waals surface area contributed by atoms with E-state index in [0.29, 0.717) is 5.56 Å². The highest BCUT2D eigenvalue weighted by atomic mass is 16.3. The zero-order valence-corrected chi connectivity index (χ0v) is 32.1. The van der Waals surface area contributed by atoms with Crippen LogP contribution < -0.4 is 0 Å². The molecule has 0 bridgehead atoms. The van der Waals surface area contributed by atoms with E-state index in [1.54, 1.807) is 0 Å². The Bertz CT molecular complexity index is 3960. The van der Waals surface area contributed by atoms with Gasteiger partial charge in [0.05, 0.1) is 44.5 Å². The molecule has 13 aromatic rings. The number of nitrogens with zero attached hydrogens (tertiary/aromatic N) is 3. The van der Waals surface area contributed by atoms with Crippen LogP contribution >= 0.6 is 0 Å². The van der Waals surface area contributed by atoms with Gasteiger partial charge in [-0.2, -0.15) is 5.26 Å². The first kappa shape index (κ1) is 32.7. The molecule has 0 radical (unpaired) electrons. The first-order chi connectivity index (χ1) is 29.7. The number of fused-ring (bicyclic) bond motifs is 14. The number of rotatable bonds is 4. The van der Waals surface area contributed by atoms with Crippen LogP contribution in [0.15, 0.2) is 197 Å². The Labute approximate surface area is 342 Å². The second-order valence-electron chi connectivity index (χ2n) is 15.6. The van der Waals surface area contributed by atoms with Crippen molar-refractivity contribution >= 4 is 87.5 Å². The fraction of sp³-hybridized carbons (Fsp3) is 0. The summed E-state index contributed by atoms with van der Waals surface area (Å²) < 4.78 is 17.7. The number of benzene rings is 9. The molecule has 0 atom stereocenters. The van der Waals surface area contributed by atoms with Crippen molar-refractivity contribution < 1.29 is 8.83 Å². The van der Waals surface area contributed by atoms with Crippen LogP contribution in [-0.4, -0.2) is 9.13 Å². The summed E-state index contributed by atoms with van der Waals surface area (Å²) in [5.74, 6) is 0. The van der Waals surface area contributed by atoms with Gasteiger partial charge in [0.1, 0.15) is 22.3 Å². The maximum Gasteiger partial charge on any atom is 0.145 e. The molecule has 4 aromatic heterocycles. The number of hydrogen-bond donors (Lipinski definition) is 0. The molecule has 0 aliphatic carbocycles. The van der Waals surface area contributed by atoms with Gasteiger partial charge in [0, 0.05) is 43.7 Å². The number of furan rings is 2. The molecule has 0 spiro atoms. The predicted octanol–water partition coefficient (Wildman–Crippen LogP) is 14.9. The Morgan fingerprint density at radius 1 is 0.383 bits per heavy atom. The summed E-state index contributed by atoms with van der Waals surface area (Å²) in [4.78, 5) is 0. The van der Waals surface area contributed by atoms with Crippen LogP contribution in [0.3, 0.4) is 0 Å². The SMILES string of the molecule is N#Cc1cc(-c2cccc(-n3c4ccccc4c4c5oc6ccccc6c5ccc43)c2)cc(-n2c3cccc(-c4ccccc4)c3c3ccc4oc5ccccc5c4c32)c1. The van der Waals surface area contributed by atoms with E-state index in [2.05, 4.69) is 167 Å². The van der Waals surface area contributed by atoms with Crippen LogP contribution in [0.25, 0.3) is 121 Å². The fourth-order valence-electron chi connectivity index (χ4n) is 9.80. The smallest absolute Gasteiger partial charge is 0.145 e. The van der Waals surface area contributed by atoms with E-state index in [1.165, 1.54) is 0 Å². The lowest BCUT2D eigenvalue weighted by atomic mass is 9.99. The summed E-state index contributed by atoms with van der Waals surface area (Å²) in [6.45, 7) is 0. The van der Waals surface area contributed by atoms with Crippen molar-refractivity contribution in [1.82, 2.24) is 9.13 Å². The Kier molecular flexibility index (Phi) is 6.73. The standard InChI is InChI=1S/C55H31N3O2/c56-32-33-28-36(35-14-10-15-37(30-35)57-45-20-7-4-17-42(45)52-47(57)26-24-41-40-16-5-8-22-48(40)60-55(41)52)31-38(29-33)58-46-21-11-19-39(34-12-2-1-3-13-34)51(46)44-25-27-50-53(54(44)58)43-18-6-9-23-49(43)59-50/h1-31H. The normalized spacial score (nSPS) is 12.0. The monoisotopic (exact) mass is 765 g/mol. The molecule has 0 fully saturated rings. The van der Waals surface area contributed by atoms with Crippen LogP contribution in [0.4, 0.5) is 0 Å². The van der Waals surface area contributed by atoms with Crippen molar-refractivity contribution in [2.45, 2.75) is 0 Å². The first-order valence-electron chi connectivity index (χ1n) is 20.1. The second kappa shape index (κ2) is 12.3. The maximum absolute atomic E-state index is 10.6. The Balaban J connectivity index is 1.07. The van der Waals surface area contributed by atoms with Crippen LogP contribution in [0.5, 0.6) is 0 Å². The molecule has 60 heavy (non-hydrogen) atoms. The number of nitriles is 1. The number of hydrogen-bond acceptors (Lipinski definition) is 3. The zero-order chi connectivity index (χ0) is 39.5. The number of aromatic nitrogens is 2. The van der Waals surface area contributed by atoms with Crippen molar-refractivity contribution in [3.8, 4) is 39.7 Å². The number of para-hydroxylation sites is 3. The molecule has 9 aromatic carbocycles. The quantitative estimate of drug-likeness (QED) is 0.179. The van der Waals surface area contributed by atoms with E-state index >= 15 is 0 Å². The van der Waals surface area contributed by atoms with Crippen molar-refractivity contribution in [1.29, 1.82) is 5.26 Å². The third kappa shape index (κ3) is 4.56. The third-order valence-corrected chi connectivity index (χ3v) is 12.3. The van der Waals surface area contributed by atoms with E-state index in [0.717, 1.165) is 121 Å². The minimum atomic E-state index is 0.579. The van der Waals surface area contributed by atoms with Gasteiger partial charge in [0.15, 0.2) is 0 Å². The van der Waals surface area contributed by atoms with Crippen molar-refractivity contribution in [2.24, 2.45) is 0 Å². The summed E-state index contributed by atoms with van der Waals surface area (Å²) in [6, 6.07) is 68.2. The van der Waals surface area contributed by atoms with E-state index in [-0.39, 0.29) is 0 Å². The van der Waals surface area contributed by atoms with Gasteiger partial charge in [-0.15, -0.1) is 0 Å². The summed E-state index contributed by atoms with van der Waals surface area (Å²) in [5.41, 5.74) is 14.5. The molecule has 0 unspecified atom stereocenters. The minimum Gasteiger partial charge on any atom is -0.456 e. The molecule has 0 saturated carbocycles. The minimum absolute atomic E-state index is 0.579. The molecule has 0 amide bonds. The van der Waals surface area contributed by atoms with Gasteiger partial charge in [0.2, 0.25) is 0 Å². The molecule has 278 valence electrons. The predicted molar refractivity (Wildman–Crippen MR) is 245 cm³/mol. The van der Waals surface area contributed by atoms with Gasteiger partial charge >= 0.3 is 0 Å². The zero-order valence-electron chi connectivity index (χ0n) is 32.1. The highest BCUT2D eigenvalue weighted by molar-refractivity contribution is 6.27. The molecule has 0 saturated heterocycles. The molecule has 4 heterocycles. The van der Waals surface area contributed by atoms with Crippen LogP contribution in [0.1, 0.15) is 5.56 Å². The van der Waals surface area contributed by atoms with Crippen LogP contribution in [0, 0.1) is 11.3 Å². The second-order valence-corrected chi connectivity index (χ2v) is 15.6. The maximum atomic E-state index is 10.6. The van der Waals surface area contributed by atoms with Gasteiger partial charge < -0.3 is 18.0 Å². The molecule has 5 heteroatoms. The summed E-state index contributed by atoms with van der Waals surface area (Å²) >= 11 is 0. The van der Waals surface area contributed by atoms with Gasteiger partial charge in [0.25, 0.3) is 0 Å². The Morgan fingerprint density at radius 3 is 1.93 bits per heavy atom. The summed E-state index contributed by atoms with van der Waals surface area (Å²) in [5, 5.41) is 19.5. The molecular weight excluding hydrogens is 735 g/mol. The molecule has 5 nitrogen and oxygen atoms in total. The van der Waals surface area contributed by atoms with E-state index < -0.39 is 0 Å².